The number of hydrogen-bond acceptors (Lipinski definition) is 4. The van der Waals surface area contributed by atoms with Crippen LogP contribution in [0.25, 0.3) is 0 Å². The highest BCUT2D eigenvalue weighted by molar-refractivity contribution is 7.89. The monoisotopic (exact) mass is 355 g/mol. The third kappa shape index (κ3) is 6.29. The quantitative estimate of drug-likeness (QED) is 0.678. The van der Waals surface area contributed by atoms with Gasteiger partial charge in [-0.25, -0.2) is 13.6 Å². The molecule has 0 saturated heterocycles. The lowest BCUT2D eigenvalue weighted by molar-refractivity contribution is -0.146. The number of nitrogens with zero attached hydrogens (tertiary/aromatic N) is 1. The number of benzene rings is 1. The van der Waals surface area contributed by atoms with E-state index in [-0.39, 0.29) is 11.4 Å². The Morgan fingerprint density at radius 1 is 1.08 bits per heavy atom. The molecule has 1 aromatic rings. The van der Waals surface area contributed by atoms with Gasteiger partial charge in [-0.15, -0.1) is 0 Å². The molecule has 0 radical (unpaired) electrons. The van der Waals surface area contributed by atoms with Gasteiger partial charge in [0.2, 0.25) is 10.0 Å². The lowest BCUT2D eigenvalue weighted by atomic mass is 10.2. The topological polar surface area (TPSA) is 110 Å². The maximum Gasteiger partial charge on any atom is 0.311 e. The average Bonchev–Trinajstić information content (AvgIpc) is 2.55. The first-order valence-electron chi connectivity index (χ1n) is 7.98. The van der Waals surface area contributed by atoms with E-state index in [4.69, 9.17) is 5.14 Å². The van der Waals surface area contributed by atoms with Crippen LogP contribution in [0.1, 0.15) is 38.7 Å². The molecule has 0 aliphatic rings. The van der Waals surface area contributed by atoms with Gasteiger partial charge in [0.25, 0.3) is 0 Å². The van der Waals surface area contributed by atoms with E-state index in [0.717, 1.165) is 19.3 Å². The van der Waals surface area contributed by atoms with E-state index >= 15 is 0 Å². The van der Waals surface area contributed by atoms with Crippen molar-refractivity contribution in [1.29, 1.82) is 0 Å². The number of primary sulfonamides is 1. The highest BCUT2D eigenvalue weighted by atomic mass is 32.2. The van der Waals surface area contributed by atoms with E-state index in [2.05, 4.69) is 5.32 Å². The first kappa shape index (κ1) is 20.1. The van der Waals surface area contributed by atoms with Crippen molar-refractivity contribution in [2.24, 2.45) is 5.14 Å². The summed E-state index contributed by atoms with van der Waals surface area (Å²) < 4.78 is 22.4. The maximum atomic E-state index is 12.2. The van der Waals surface area contributed by atoms with Crippen molar-refractivity contribution in [2.75, 3.05) is 13.1 Å². The predicted octanol–water partition coefficient (Wildman–Crippen LogP) is 0.989. The molecule has 24 heavy (non-hydrogen) atoms. The van der Waals surface area contributed by atoms with Gasteiger partial charge in [-0.2, -0.15) is 0 Å². The molecule has 0 saturated carbocycles. The summed E-state index contributed by atoms with van der Waals surface area (Å²) in [6, 6.07) is 5.82. The van der Waals surface area contributed by atoms with Gasteiger partial charge in [-0.1, -0.05) is 32.4 Å². The summed E-state index contributed by atoms with van der Waals surface area (Å²) in [6.45, 7) is 5.25. The molecule has 134 valence electrons. The van der Waals surface area contributed by atoms with E-state index in [1.807, 2.05) is 13.8 Å². The Morgan fingerprint density at radius 3 is 2.21 bits per heavy atom. The van der Waals surface area contributed by atoms with Crippen molar-refractivity contribution in [2.45, 2.75) is 44.6 Å². The van der Waals surface area contributed by atoms with Crippen LogP contribution in [0.5, 0.6) is 0 Å². The van der Waals surface area contributed by atoms with Gasteiger partial charge < -0.3 is 10.2 Å². The molecule has 0 fully saturated rings. The second-order valence-electron chi connectivity index (χ2n) is 5.52. The zero-order valence-electron chi connectivity index (χ0n) is 14.1. The summed E-state index contributed by atoms with van der Waals surface area (Å²) in [5.41, 5.74) is 0.680. The van der Waals surface area contributed by atoms with Crippen LogP contribution < -0.4 is 10.5 Å². The highest BCUT2D eigenvalue weighted by Gasteiger charge is 2.20. The zero-order valence-corrected chi connectivity index (χ0v) is 14.9. The van der Waals surface area contributed by atoms with Crippen LogP contribution >= 0.6 is 0 Å². The minimum atomic E-state index is -3.74. The summed E-state index contributed by atoms with van der Waals surface area (Å²) in [4.78, 5) is 25.7. The molecule has 0 atom stereocenters. The van der Waals surface area contributed by atoms with Gasteiger partial charge in [-0.3, -0.25) is 9.59 Å². The largest absolute Gasteiger partial charge is 0.344 e. The number of nitrogens with two attached hydrogens (primary N) is 1. The second-order valence-corrected chi connectivity index (χ2v) is 7.08. The molecule has 0 aliphatic carbocycles. The lowest BCUT2D eigenvalue weighted by Gasteiger charge is -2.21. The fourth-order valence-corrected chi connectivity index (χ4v) is 2.65. The molecule has 0 heterocycles. The summed E-state index contributed by atoms with van der Waals surface area (Å²) >= 11 is 0. The van der Waals surface area contributed by atoms with E-state index < -0.39 is 21.8 Å². The van der Waals surface area contributed by atoms with Crippen LogP contribution in [-0.2, 0) is 26.2 Å². The van der Waals surface area contributed by atoms with Crippen molar-refractivity contribution in [3.63, 3.8) is 0 Å². The number of sulfonamides is 1. The van der Waals surface area contributed by atoms with E-state index in [9.17, 15) is 18.0 Å². The van der Waals surface area contributed by atoms with Crippen molar-refractivity contribution in [3.8, 4) is 0 Å². The van der Waals surface area contributed by atoms with Gasteiger partial charge in [0.05, 0.1) is 4.90 Å². The first-order chi connectivity index (χ1) is 11.3. The van der Waals surface area contributed by atoms with Crippen molar-refractivity contribution >= 4 is 21.8 Å². The Bertz CT molecular complexity index is 656. The van der Waals surface area contributed by atoms with Gasteiger partial charge in [0.1, 0.15) is 0 Å². The molecule has 3 N–H and O–H groups in total. The van der Waals surface area contributed by atoms with Gasteiger partial charge >= 0.3 is 11.8 Å². The molecule has 8 heteroatoms. The first-order valence-corrected chi connectivity index (χ1v) is 9.53. The molecule has 0 aliphatic heterocycles. The molecule has 0 unspecified atom stereocenters. The SMILES string of the molecule is CCCCN(CCC)C(=O)C(=O)NCc1ccc(S(N)(=O)=O)cc1. The second kappa shape index (κ2) is 9.39. The molecule has 0 bridgehead atoms. The smallest absolute Gasteiger partial charge is 0.311 e. The van der Waals surface area contributed by atoms with Crippen molar-refractivity contribution in [3.05, 3.63) is 29.8 Å². The zero-order chi connectivity index (χ0) is 18.2. The highest BCUT2D eigenvalue weighted by Crippen LogP contribution is 2.08. The van der Waals surface area contributed by atoms with Gasteiger partial charge in [-0.05, 0) is 30.5 Å². The number of unbranched alkanes of at least 4 members (excludes halogenated alkanes) is 1. The normalized spacial score (nSPS) is 11.1. The van der Waals surface area contributed by atoms with Crippen LogP contribution in [0.4, 0.5) is 0 Å². The number of rotatable bonds is 8. The fourth-order valence-electron chi connectivity index (χ4n) is 2.13. The van der Waals surface area contributed by atoms with Crippen LogP contribution in [-0.4, -0.2) is 38.2 Å². The third-order valence-electron chi connectivity index (χ3n) is 3.46. The van der Waals surface area contributed by atoms with E-state index in [0.29, 0.717) is 18.7 Å². The number of hydrogen-bond donors (Lipinski definition) is 2. The van der Waals surface area contributed by atoms with Crippen LogP contribution in [0.15, 0.2) is 29.2 Å². The van der Waals surface area contributed by atoms with Crippen LogP contribution in [0.3, 0.4) is 0 Å². The molecular weight excluding hydrogens is 330 g/mol. The number of carbonyl (C=O) groups excluding carboxylic acids is 2. The van der Waals surface area contributed by atoms with Crippen LogP contribution in [0.2, 0.25) is 0 Å². The molecule has 1 rings (SSSR count). The number of nitrogens with one attached hydrogen (secondary N) is 1. The summed E-state index contributed by atoms with van der Waals surface area (Å²) in [5, 5.41) is 7.58. The summed E-state index contributed by atoms with van der Waals surface area (Å²) in [5.74, 6) is -1.19. The maximum absolute atomic E-state index is 12.2. The average molecular weight is 355 g/mol. The minimum Gasteiger partial charge on any atom is -0.344 e. The third-order valence-corrected chi connectivity index (χ3v) is 4.39. The minimum absolute atomic E-state index is 0.00217. The Morgan fingerprint density at radius 2 is 1.71 bits per heavy atom. The van der Waals surface area contributed by atoms with Gasteiger partial charge in [0.15, 0.2) is 0 Å². The van der Waals surface area contributed by atoms with Crippen molar-refractivity contribution in [1.82, 2.24) is 10.2 Å². The predicted molar refractivity (Wildman–Crippen MR) is 91.4 cm³/mol. The molecule has 7 nitrogen and oxygen atoms in total. The lowest BCUT2D eigenvalue weighted by Crippen LogP contribution is -2.43. The summed E-state index contributed by atoms with van der Waals surface area (Å²) in [7, 11) is -3.74. The Balaban J connectivity index is 2.62. The Kier molecular flexibility index (Phi) is 7.87. The number of carbonyl (C=O) groups is 2. The van der Waals surface area contributed by atoms with Crippen molar-refractivity contribution < 1.29 is 18.0 Å². The van der Waals surface area contributed by atoms with E-state index in [1.54, 1.807) is 17.0 Å². The molecule has 0 spiro atoms. The Hall–Kier alpha value is -1.93. The number of amides is 2. The molecule has 1 aromatic carbocycles. The molecule has 0 aromatic heterocycles. The Labute approximate surface area is 143 Å². The molecular formula is C16H25N3O4S. The van der Waals surface area contributed by atoms with Crippen LogP contribution in [0, 0.1) is 0 Å². The van der Waals surface area contributed by atoms with Gasteiger partial charge in [0, 0.05) is 19.6 Å². The standard InChI is InChI=1S/C16H25N3O4S/c1-3-5-11-19(10-4-2)16(21)15(20)18-12-13-6-8-14(9-7-13)24(17,22)23/h6-9H,3-5,10-12H2,1-2H3,(H,18,20)(H2,17,22,23). The fraction of sp³-hybridized carbons (Fsp3) is 0.500. The van der Waals surface area contributed by atoms with E-state index in [1.165, 1.54) is 12.1 Å². The molecule has 2 amide bonds. The summed E-state index contributed by atoms with van der Waals surface area (Å²) in [6.07, 6.45) is 2.59.